The highest BCUT2D eigenvalue weighted by Gasteiger charge is 2.33. The van der Waals surface area contributed by atoms with Crippen LogP contribution < -0.4 is 10.2 Å². The minimum absolute atomic E-state index is 0.0422. The maximum absolute atomic E-state index is 12.9. The van der Waals surface area contributed by atoms with Gasteiger partial charge in [-0.15, -0.1) is 0 Å². The Morgan fingerprint density at radius 2 is 1.86 bits per heavy atom. The lowest BCUT2D eigenvalue weighted by Gasteiger charge is -2.36. The van der Waals surface area contributed by atoms with Gasteiger partial charge in [0.05, 0.1) is 5.92 Å². The molecule has 1 N–H and O–H groups in total. The van der Waals surface area contributed by atoms with Gasteiger partial charge in [-0.2, -0.15) is 0 Å². The third kappa shape index (κ3) is 4.01. The summed E-state index contributed by atoms with van der Waals surface area (Å²) in [5.74, 6) is 1.25. The van der Waals surface area contributed by atoms with Crippen LogP contribution >= 0.6 is 15.9 Å². The number of carbonyl (C=O) groups excluding carboxylic acids is 2. The normalized spacial score (nSPS) is 22.0. The van der Waals surface area contributed by atoms with Gasteiger partial charge in [-0.25, -0.2) is 4.98 Å². The van der Waals surface area contributed by atoms with E-state index in [9.17, 15) is 9.59 Å². The van der Waals surface area contributed by atoms with Gasteiger partial charge in [0.25, 0.3) is 5.91 Å². The van der Waals surface area contributed by atoms with Crippen molar-refractivity contribution in [3.05, 3.63) is 57.7 Å². The number of rotatable bonds is 3. The maximum Gasteiger partial charge on any atom is 0.253 e. The molecule has 3 heterocycles. The van der Waals surface area contributed by atoms with Gasteiger partial charge < -0.3 is 15.1 Å². The molecular weight excluding hydrogens is 432 g/mol. The van der Waals surface area contributed by atoms with E-state index in [1.54, 1.807) is 0 Å². The highest BCUT2D eigenvalue weighted by Crippen LogP contribution is 2.29. The first-order valence-electron chi connectivity index (χ1n) is 9.98. The zero-order valence-corrected chi connectivity index (χ0v) is 18.3. The molecule has 0 aliphatic carbocycles. The zero-order valence-electron chi connectivity index (χ0n) is 16.7. The number of carbonyl (C=O) groups is 2. The summed E-state index contributed by atoms with van der Waals surface area (Å²) in [6.07, 6.45) is 1.81. The van der Waals surface area contributed by atoms with E-state index < -0.39 is 0 Å². The molecule has 0 spiro atoms. The van der Waals surface area contributed by atoms with E-state index in [1.165, 1.54) is 0 Å². The first kappa shape index (κ1) is 19.9. The van der Waals surface area contributed by atoms with Crippen molar-refractivity contribution in [3.63, 3.8) is 0 Å². The fourth-order valence-electron chi connectivity index (χ4n) is 4.23. The minimum atomic E-state index is -0.121. The van der Waals surface area contributed by atoms with Gasteiger partial charge in [0.1, 0.15) is 5.82 Å². The Bertz CT molecular complexity index is 923. The summed E-state index contributed by atoms with van der Waals surface area (Å²) >= 11 is 3.45. The summed E-state index contributed by atoms with van der Waals surface area (Å²) in [6, 6.07) is 9.60. The summed E-state index contributed by atoms with van der Waals surface area (Å²) in [4.78, 5) is 33.6. The maximum atomic E-state index is 12.9. The quantitative estimate of drug-likeness (QED) is 0.770. The number of amides is 2. The third-order valence-electron chi connectivity index (χ3n) is 5.85. The van der Waals surface area contributed by atoms with Crippen molar-refractivity contribution in [2.45, 2.75) is 19.8 Å². The predicted octanol–water partition coefficient (Wildman–Crippen LogP) is 2.96. The first-order chi connectivity index (χ1) is 13.9. The van der Waals surface area contributed by atoms with Gasteiger partial charge in [0.15, 0.2) is 0 Å². The molecule has 6 nitrogen and oxygen atoms in total. The second-order valence-electron chi connectivity index (χ2n) is 7.90. The summed E-state index contributed by atoms with van der Waals surface area (Å²) in [5, 5.41) is 2.91. The Morgan fingerprint density at radius 3 is 2.45 bits per heavy atom. The second kappa shape index (κ2) is 8.14. The lowest BCUT2D eigenvalue weighted by molar-refractivity contribution is -0.120. The van der Waals surface area contributed by atoms with Crippen molar-refractivity contribution in [2.24, 2.45) is 5.92 Å². The lowest BCUT2D eigenvalue weighted by Crippen LogP contribution is -2.49. The average Bonchev–Trinajstić information content (AvgIpc) is 3.06. The molecule has 2 aromatic rings. The summed E-state index contributed by atoms with van der Waals surface area (Å²) in [7, 11) is 0. The van der Waals surface area contributed by atoms with Crippen LogP contribution in [0.15, 0.2) is 41.0 Å². The zero-order chi connectivity index (χ0) is 20.5. The number of nitrogens with zero attached hydrogens (tertiary/aromatic N) is 3. The number of hydrogen-bond acceptors (Lipinski definition) is 4. The van der Waals surface area contributed by atoms with Crippen molar-refractivity contribution < 1.29 is 9.59 Å². The molecule has 1 unspecified atom stereocenters. The van der Waals surface area contributed by atoms with Crippen LogP contribution in [0.3, 0.4) is 0 Å². The topological polar surface area (TPSA) is 65.5 Å². The second-order valence-corrected chi connectivity index (χ2v) is 8.81. The molecule has 2 aliphatic rings. The predicted molar refractivity (Wildman–Crippen MR) is 116 cm³/mol. The van der Waals surface area contributed by atoms with Crippen LogP contribution in [-0.2, 0) is 4.79 Å². The van der Waals surface area contributed by atoms with Gasteiger partial charge in [0.2, 0.25) is 5.91 Å². The number of piperazine rings is 1. The molecule has 1 aromatic carbocycles. The Labute approximate surface area is 179 Å². The van der Waals surface area contributed by atoms with Crippen LogP contribution in [0.2, 0.25) is 0 Å². The molecular formula is C22H25BrN4O2. The highest BCUT2D eigenvalue weighted by atomic mass is 79.9. The molecule has 29 heavy (non-hydrogen) atoms. The number of aryl methyl sites for hydroxylation is 1. The van der Waals surface area contributed by atoms with Crippen LogP contribution in [0.5, 0.6) is 0 Å². The summed E-state index contributed by atoms with van der Waals surface area (Å²) in [6.45, 7) is 7.69. The number of halogens is 1. The van der Waals surface area contributed by atoms with Crippen molar-refractivity contribution >= 4 is 33.6 Å². The van der Waals surface area contributed by atoms with E-state index in [1.807, 2.05) is 35.4 Å². The molecule has 2 fully saturated rings. The van der Waals surface area contributed by atoms with Gasteiger partial charge in [-0.3, -0.25) is 9.59 Å². The number of anilines is 1. The van der Waals surface area contributed by atoms with E-state index in [0.29, 0.717) is 25.2 Å². The molecule has 0 bridgehead atoms. The van der Waals surface area contributed by atoms with Crippen molar-refractivity contribution in [1.29, 1.82) is 0 Å². The third-order valence-corrected chi connectivity index (χ3v) is 6.28. The highest BCUT2D eigenvalue weighted by molar-refractivity contribution is 9.10. The largest absolute Gasteiger partial charge is 0.355 e. The Hall–Kier alpha value is -2.41. The molecule has 152 valence electrons. The Morgan fingerprint density at radius 1 is 1.17 bits per heavy atom. The van der Waals surface area contributed by atoms with Gasteiger partial charge in [-0.05, 0) is 58.1 Å². The molecule has 2 saturated heterocycles. The van der Waals surface area contributed by atoms with Crippen molar-refractivity contribution in [2.75, 3.05) is 37.6 Å². The van der Waals surface area contributed by atoms with E-state index >= 15 is 0 Å². The Kier molecular flexibility index (Phi) is 5.58. The first-order valence-corrected chi connectivity index (χ1v) is 10.8. The lowest BCUT2D eigenvalue weighted by atomic mass is 9.89. The molecule has 2 aliphatic heterocycles. The number of aromatic nitrogens is 1. The van der Waals surface area contributed by atoms with Crippen LogP contribution in [0, 0.1) is 12.8 Å². The molecule has 2 atom stereocenters. The monoisotopic (exact) mass is 456 g/mol. The fourth-order valence-corrected chi connectivity index (χ4v) is 4.67. The average molecular weight is 457 g/mol. The molecule has 0 saturated carbocycles. The summed E-state index contributed by atoms with van der Waals surface area (Å²) < 4.78 is 0.973. The van der Waals surface area contributed by atoms with Crippen molar-refractivity contribution in [3.8, 4) is 0 Å². The number of benzene rings is 1. The van der Waals surface area contributed by atoms with Crippen LogP contribution in [0.4, 0.5) is 5.82 Å². The standard InChI is InChI=1S/C22H25BrN4O2/c1-14-11-18(23)13-24-20(14)26-7-9-27(10-8-26)22(29)17-5-3-16(4-6-17)19-15(2)12-25-21(19)28/h3-6,11,13,15,19H,7-10,12H2,1-2H3,(H,25,28)/t15?,19-/m1/s1. The SMILES string of the molecule is Cc1cc(Br)cnc1N1CCN(C(=O)c2ccc([C@@H]3C(=O)NCC3C)cc2)CC1. The van der Waals surface area contributed by atoms with Crippen molar-refractivity contribution in [1.82, 2.24) is 15.2 Å². The van der Waals surface area contributed by atoms with Crippen LogP contribution in [0.1, 0.15) is 34.3 Å². The van der Waals surface area contributed by atoms with E-state index in [-0.39, 0.29) is 23.7 Å². The van der Waals surface area contributed by atoms with E-state index in [2.05, 4.69) is 51.0 Å². The van der Waals surface area contributed by atoms with E-state index in [4.69, 9.17) is 0 Å². The number of pyridine rings is 1. The van der Waals surface area contributed by atoms with Gasteiger partial charge in [0, 0.05) is 49.0 Å². The summed E-state index contributed by atoms with van der Waals surface area (Å²) in [5.41, 5.74) is 2.77. The fraction of sp³-hybridized carbons (Fsp3) is 0.409. The molecule has 1 aromatic heterocycles. The Balaban J connectivity index is 1.40. The minimum Gasteiger partial charge on any atom is -0.355 e. The molecule has 7 heteroatoms. The van der Waals surface area contributed by atoms with Crippen LogP contribution in [0.25, 0.3) is 0 Å². The van der Waals surface area contributed by atoms with Gasteiger partial charge in [-0.1, -0.05) is 19.1 Å². The van der Waals surface area contributed by atoms with E-state index in [0.717, 1.165) is 34.5 Å². The van der Waals surface area contributed by atoms with Gasteiger partial charge >= 0.3 is 0 Å². The molecule has 0 radical (unpaired) electrons. The van der Waals surface area contributed by atoms with Crippen LogP contribution in [-0.4, -0.2) is 54.4 Å². The smallest absolute Gasteiger partial charge is 0.253 e. The number of hydrogen-bond donors (Lipinski definition) is 1. The number of nitrogens with one attached hydrogen (secondary N) is 1. The molecule has 4 rings (SSSR count). The molecule has 2 amide bonds.